The van der Waals surface area contributed by atoms with Crippen LogP contribution in [0.15, 0.2) is 30.3 Å². The molecular weight excluding hydrogens is 344 g/mol. The molecule has 0 aliphatic carbocycles. The number of nitrogens with one attached hydrogen (secondary N) is 2. The Hall–Kier alpha value is -2.60. The number of carbonyl (C=O) groups excluding carboxylic acids is 1. The van der Waals surface area contributed by atoms with Crippen LogP contribution in [0, 0.1) is 6.92 Å². The largest absolute Gasteiger partial charge is 0.495 e. The fourth-order valence-electron chi connectivity index (χ4n) is 2.47. The third kappa shape index (κ3) is 3.74. The molecule has 132 valence electrons. The van der Waals surface area contributed by atoms with E-state index in [2.05, 4.69) is 10.6 Å². The number of fused-ring (bicyclic) bond motifs is 1. The second kappa shape index (κ2) is 7.11. The molecule has 1 aliphatic rings. The molecule has 0 bridgehead atoms. The second-order valence-electron chi connectivity index (χ2n) is 5.72. The quantitative estimate of drug-likeness (QED) is 0.846. The second-order valence-corrected chi connectivity index (χ2v) is 6.13. The Kier molecular flexibility index (Phi) is 4.90. The third-order valence-corrected chi connectivity index (χ3v) is 4.29. The number of benzene rings is 2. The normalized spacial score (nSPS) is 13.3. The molecule has 2 aromatic carbocycles. The maximum absolute atomic E-state index is 12.5. The van der Waals surface area contributed by atoms with Gasteiger partial charge in [-0.15, -0.1) is 0 Å². The van der Waals surface area contributed by atoms with Crippen LogP contribution in [0.25, 0.3) is 0 Å². The minimum absolute atomic E-state index is 0.197. The van der Waals surface area contributed by atoms with E-state index in [0.29, 0.717) is 28.0 Å². The van der Waals surface area contributed by atoms with Gasteiger partial charge in [0.05, 0.1) is 12.8 Å². The highest BCUT2D eigenvalue weighted by Crippen LogP contribution is 2.34. The maximum atomic E-state index is 12.5. The van der Waals surface area contributed by atoms with Crippen molar-refractivity contribution in [2.24, 2.45) is 0 Å². The average Bonchev–Trinajstić information content (AvgIpc) is 3.05. The Bertz CT molecular complexity index is 810. The molecule has 1 aliphatic heterocycles. The number of carbonyl (C=O) groups is 1. The number of hydrogen-bond donors (Lipinski definition) is 2. The zero-order valence-electron chi connectivity index (χ0n) is 14.2. The Morgan fingerprint density at radius 3 is 2.76 bits per heavy atom. The first-order chi connectivity index (χ1) is 12.0. The summed E-state index contributed by atoms with van der Waals surface area (Å²) >= 11 is 6.09. The van der Waals surface area contributed by atoms with Gasteiger partial charge in [-0.25, -0.2) is 0 Å². The highest BCUT2D eigenvalue weighted by atomic mass is 35.5. The van der Waals surface area contributed by atoms with Gasteiger partial charge in [0, 0.05) is 22.8 Å². The Morgan fingerprint density at radius 1 is 1.24 bits per heavy atom. The van der Waals surface area contributed by atoms with Gasteiger partial charge < -0.3 is 24.8 Å². The average molecular weight is 363 g/mol. The molecule has 2 aromatic rings. The zero-order valence-corrected chi connectivity index (χ0v) is 14.9. The van der Waals surface area contributed by atoms with Crippen LogP contribution >= 0.6 is 11.6 Å². The molecule has 2 N–H and O–H groups in total. The van der Waals surface area contributed by atoms with Crippen molar-refractivity contribution in [3.05, 3.63) is 40.9 Å². The van der Waals surface area contributed by atoms with Gasteiger partial charge in [-0.1, -0.05) is 11.6 Å². The highest BCUT2D eigenvalue weighted by molar-refractivity contribution is 6.31. The van der Waals surface area contributed by atoms with Gasteiger partial charge in [-0.2, -0.15) is 0 Å². The molecule has 0 spiro atoms. The predicted molar refractivity (Wildman–Crippen MR) is 97.0 cm³/mol. The van der Waals surface area contributed by atoms with E-state index in [1.165, 1.54) is 7.11 Å². The van der Waals surface area contributed by atoms with E-state index in [1.807, 2.05) is 13.0 Å². The summed E-state index contributed by atoms with van der Waals surface area (Å²) in [5.41, 5.74) is 2.20. The summed E-state index contributed by atoms with van der Waals surface area (Å²) in [5.74, 6) is 1.67. The number of methoxy groups -OCH3 is 1. The van der Waals surface area contributed by atoms with Crippen LogP contribution in [-0.4, -0.2) is 25.9 Å². The first-order valence-electron chi connectivity index (χ1n) is 7.79. The van der Waals surface area contributed by atoms with E-state index >= 15 is 0 Å². The Labute approximate surface area is 151 Å². The first kappa shape index (κ1) is 17.2. The lowest BCUT2D eigenvalue weighted by Gasteiger charge is -2.17. The van der Waals surface area contributed by atoms with Gasteiger partial charge in [0.15, 0.2) is 11.5 Å². The molecule has 25 heavy (non-hydrogen) atoms. The smallest absolute Gasteiger partial charge is 0.246 e. The van der Waals surface area contributed by atoms with Gasteiger partial charge >= 0.3 is 0 Å². The Morgan fingerprint density at radius 2 is 2.00 bits per heavy atom. The number of amides is 1. The molecule has 7 heteroatoms. The lowest BCUT2D eigenvalue weighted by atomic mass is 10.2. The molecule has 0 radical (unpaired) electrons. The summed E-state index contributed by atoms with van der Waals surface area (Å²) in [4.78, 5) is 12.5. The number of aryl methyl sites for hydroxylation is 1. The van der Waals surface area contributed by atoms with Crippen molar-refractivity contribution in [1.82, 2.24) is 0 Å². The number of ether oxygens (including phenoxy) is 3. The first-order valence-corrected chi connectivity index (χ1v) is 8.17. The number of anilines is 2. The molecule has 3 rings (SSSR count). The van der Waals surface area contributed by atoms with Crippen LogP contribution in [0.2, 0.25) is 5.02 Å². The summed E-state index contributed by atoms with van der Waals surface area (Å²) in [6.07, 6.45) is 0. The molecule has 0 saturated heterocycles. The van der Waals surface area contributed by atoms with Crippen molar-refractivity contribution in [1.29, 1.82) is 0 Å². The fourth-order valence-corrected chi connectivity index (χ4v) is 2.63. The van der Waals surface area contributed by atoms with Crippen molar-refractivity contribution in [3.63, 3.8) is 0 Å². The fraction of sp³-hybridized carbons (Fsp3) is 0.278. The number of hydrogen-bond acceptors (Lipinski definition) is 5. The number of halogens is 1. The summed E-state index contributed by atoms with van der Waals surface area (Å²) in [7, 11) is 1.53. The maximum Gasteiger partial charge on any atom is 0.246 e. The molecule has 1 atom stereocenters. The van der Waals surface area contributed by atoms with Crippen LogP contribution in [0.3, 0.4) is 0 Å². The van der Waals surface area contributed by atoms with Crippen LogP contribution in [-0.2, 0) is 4.79 Å². The SMILES string of the molecule is COc1cc(Cl)c(C)cc1NC(=O)C(C)Nc1ccc2c(c1)OCO2. The van der Waals surface area contributed by atoms with Gasteiger partial charge in [0.2, 0.25) is 12.7 Å². The summed E-state index contributed by atoms with van der Waals surface area (Å²) in [6, 6.07) is 8.44. The van der Waals surface area contributed by atoms with Gasteiger partial charge in [-0.05, 0) is 37.6 Å². The van der Waals surface area contributed by atoms with E-state index in [0.717, 1.165) is 11.3 Å². The van der Waals surface area contributed by atoms with Crippen molar-refractivity contribution < 1.29 is 19.0 Å². The summed E-state index contributed by atoms with van der Waals surface area (Å²) in [6.45, 7) is 3.85. The van der Waals surface area contributed by atoms with Crippen molar-refractivity contribution in [3.8, 4) is 17.2 Å². The van der Waals surface area contributed by atoms with Crippen LogP contribution in [0.5, 0.6) is 17.2 Å². The molecular formula is C18H19ClN2O4. The predicted octanol–water partition coefficient (Wildman–Crippen LogP) is 3.82. The lowest BCUT2D eigenvalue weighted by molar-refractivity contribution is -0.116. The topological polar surface area (TPSA) is 68.8 Å². The van der Waals surface area contributed by atoms with Crippen molar-refractivity contribution in [2.75, 3.05) is 24.5 Å². The monoisotopic (exact) mass is 362 g/mol. The molecule has 1 unspecified atom stereocenters. The van der Waals surface area contributed by atoms with Crippen LogP contribution in [0.4, 0.5) is 11.4 Å². The van der Waals surface area contributed by atoms with Crippen LogP contribution < -0.4 is 24.8 Å². The van der Waals surface area contributed by atoms with Crippen LogP contribution in [0.1, 0.15) is 12.5 Å². The summed E-state index contributed by atoms with van der Waals surface area (Å²) in [5, 5.41) is 6.59. The molecule has 0 saturated carbocycles. The van der Waals surface area contributed by atoms with E-state index < -0.39 is 6.04 Å². The van der Waals surface area contributed by atoms with E-state index in [9.17, 15) is 4.79 Å². The standard InChI is InChI=1S/C18H19ClN2O4/c1-10-6-14(16(23-3)8-13(10)19)21-18(22)11(2)20-12-4-5-15-17(7-12)25-9-24-15/h4-8,11,20H,9H2,1-3H3,(H,21,22). The van der Waals surface area contributed by atoms with Gasteiger partial charge in [-0.3, -0.25) is 4.79 Å². The van der Waals surface area contributed by atoms with Gasteiger partial charge in [0.1, 0.15) is 11.8 Å². The van der Waals surface area contributed by atoms with Crippen molar-refractivity contribution >= 4 is 28.9 Å². The third-order valence-electron chi connectivity index (χ3n) is 3.89. The lowest BCUT2D eigenvalue weighted by Crippen LogP contribution is -2.32. The van der Waals surface area contributed by atoms with Gasteiger partial charge in [0.25, 0.3) is 0 Å². The minimum Gasteiger partial charge on any atom is -0.495 e. The van der Waals surface area contributed by atoms with Crippen molar-refractivity contribution in [2.45, 2.75) is 19.9 Å². The minimum atomic E-state index is -0.471. The molecule has 1 amide bonds. The molecule has 0 fully saturated rings. The zero-order chi connectivity index (χ0) is 18.0. The molecule has 1 heterocycles. The Balaban J connectivity index is 1.70. The van der Waals surface area contributed by atoms with E-state index in [4.69, 9.17) is 25.8 Å². The summed E-state index contributed by atoms with van der Waals surface area (Å²) < 4.78 is 15.9. The molecule has 6 nitrogen and oxygen atoms in total. The van der Waals surface area contributed by atoms with E-state index in [1.54, 1.807) is 31.2 Å². The number of rotatable bonds is 5. The highest BCUT2D eigenvalue weighted by Gasteiger charge is 2.18. The van der Waals surface area contributed by atoms with E-state index in [-0.39, 0.29) is 12.7 Å². The molecule has 0 aromatic heterocycles.